The zero-order valence-electron chi connectivity index (χ0n) is 11.4. The molecule has 0 heterocycles. The Morgan fingerprint density at radius 3 is 1.72 bits per heavy atom. The predicted molar refractivity (Wildman–Crippen MR) is 83.0 cm³/mol. The molecule has 0 aromatic carbocycles. The van der Waals surface area contributed by atoms with Gasteiger partial charge in [-0.1, -0.05) is 0 Å². The van der Waals surface area contributed by atoms with Crippen molar-refractivity contribution in [2.75, 3.05) is 26.4 Å². The summed E-state index contributed by atoms with van der Waals surface area (Å²) in [6.07, 6.45) is 1.66. The fraction of sp³-hybridized carbons (Fsp3) is 1.00. The number of rotatable bonds is 11. The van der Waals surface area contributed by atoms with Crippen LogP contribution in [-0.2, 0) is 13.3 Å². The third-order valence-electron chi connectivity index (χ3n) is 2.45. The van der Waals surface area contributed by atoms with E-state index in [0.29, 0.717) is 26.4 Å². The lowest BCUT2D eigenvalue weighted by molar-refractivity contribution is 0.0703. The zero-order chi connectivity index (χ0) is 13.1. The van der Waals surface area contributed by atoms with Gasteiger partial charge in [-0.25, -0.2) is 0 Å². The van der Waals surface area contributed by atoms with Crippen LogP contribution in [0.15, 0.2) is 0 Å². The molecule has 7 heteroatoms. The molecule has 112 valence electrons. The summed E-state index contributed by atoms with van der Waals surface area (Å²) in [6.45, 7) is 8.32. The maximum atomic E-state index is 5.96. The van der Waals surface area contributed by atoms with E-state index in [1.165, 1.54) is 0 Å². The van der Waals surface area contributed by atoms with Gasteiger partial charge in [0.25, 0.3) is 0 Å². The molecule has 0 aromatic heterocycles. The van der Waals surface area contributed by atoms with Crippen LogP contribution in [0.1, 0.15) is 33.6 Å². The Morgan fingerprint density at radius 1 is 0.944 bits per heavy atom. The van der Waals surface area contributed by atoms with Crippen molar-refractivity contribution in [3.8, 4) is 0 Å². The van der Waals surface area contributed by atoms with E-state index in [1.807, 2.05) is 20.8 Å². The summed E-state index contributed by atoms with van der Waals surface area (Å²) in [5.41, 5.74) is 11.4. The number of hydrogen-bond acceptors (Lipinski definition) is 5. The van der Waals surface area contributed by atoms with Crippen LogP contribution in [0.3, 0.4) is 0 Å². The summed E-state index contributed by atoms with van der Waals surface area (Å²) in [7, 11) is -2.51. The molecule has 0 aliphatic carbocycles. The van der Waals surface area contributed by atoms with Crippen molar-refractivity contribution in [3.05, 3.63) is 0 Å². The summed E-state index contributed by atoms with van der Waals surface area (Å²) in [6, 6.07) is 0.872. The van der Waals surface area contributed by atoms with Gasteiger partial charge in [-0.2, -0.15) is 0 Å². The minimum Gasteiger partial charge on any atom is -0.374 e. The topological polar surface area (TPSA) is 79.7 Å². The molecule has 0 amide bonds. The highest BCUT2D eigenvalue weighted by molar-refractivity contribution is 6.60. The van der Waals surface area contributed by atoms with Gasteiger partial charge in [0.05, 0.1) is 0 Å². The first kappa shape index (κ1) is 20.5. The van der Waals surface area contributed by atoms with Crippen molar-refractivity contribution in [2.45, 2.75) is 45.7 Å². The van der Waals surface area contributed by atoms with Crippen LogP contribution in [-0.4, -0.2) is 52.2 Å². The molecule has 1 atom stereocenters. The molecule has 0 saturated heterocycles. The van der Waals surface area contributed by atoms with Gasteiger partial charge < -0.3 is 24.7 Å². The van der Waals surface area contributed by atoms with Crippen LogP contribution in [0.2, 0.25) is 6.04 Å². The van der Waals surface area contributed by atoms with Crippen molar-refractivity contribution in [3.63, 3.8) is 0 Å². The van der Waals surface area contributed by atoms with Crippen molar-refractivity contribution in [1.82, 2.24) is 0 Å². The van der Waals surface area contributed by atoms with Crippen LogP contribution < -0.4 is 11.5 Å². The van der Waals surface area contributed by atoms with E-state index in [9.17, 15) is 0 Å². The van der Waals surface area contributed by atoms with Gasteiger partial charge in [0, 0.05) is 31.9 Å². The second-order valence-corrected chi connectivity index (χ2v) is 6.59. The maximum Gasteiger partial charge on any atom is 0.500 e. The smallest absolute Gasteiger partial charge is 0.374 e. The van der Waals surface area contributed by atoms with Gasteiger partial charge >= 0.3 is 8.80 Å². The first-order chi connectivity index (χ1) is 8.14. The van der Waals surface area contributed by atoms with E-state index in [2.05, 4.69) is 0 Å². The van der Waals surface area contributed by atoms with Gasteiger partial charge in [-0.05, 0) is 51.1 Å². The molecule has 0 aliphatic rings. The minimum atomic E-state index is -2.51. The Morgan fingerprint density at radius 2 is 1.39 bits per heavy atom. The van der Waals surface area contributed by atoms with Crippen LogP contribution in [0.25, 0.3) is 0 Å². The molecule has 0 radical (unpaired) electrons. The predicted octanol–water partition coefficient (Wildman–Crippen LogP) is -0.351. The molecule has 18 heavy (non-hydrogen) atoms. The molecule has 0 aliphatic heterocycles. The van der Waals surface area contributed by atoms with E-state index < -0.39 is 8.80 Å². The monoisotopic (exact) mass is 296 g/mol. The third-order valence-corrected chi connectivity index (χ3v) is 5.54. The van der Waals surface area contributed by atoms with Gasteiger partial charge in [0.2, 0.25) is 0 Å². The summed E-state index contributed by atoms with van der Waals surface area (Å²) in [5, 5.41) is 0. The molecule has 0 aromatic rings. The fourth-order valence-corrected chi connectivity index (χ4v) is 4.45. The Hall–Kier alpha value is 0.234. The van der Waals surface area contributed by atoms with E-state index in [4.69, 9.17) is 24.7 Å². The molecule has 4 N–H and O–H groups in total. The molecule has 5 nitrogen and oxygen atoms in total. The van der Waals surface area contributed by atoms with Gasteiger partial charge in [0.1, 0.15) is 0 Å². The highest BCUT2D eigenvalue weighted by atomic mass is 28.4. The number of nitrogens with two attached hydrogens (primary N) is 2. The molecular weight excluding hydrogens is 264 g/mol. The average molecular weight is 297 g/mol. The summed E-state index contributed by atoms with van der Waals surface area (Å²) in [4.78, 5) is 0. The third kappa shape index (κ3) is 8.36. The second-order valence-electron chi connectivity index (χ2n) is 3.86. The molecule has 0 spiro atoms. The summed E-state index contributed by atoms with van der Waals surface area (Å²) in [5.74, 6) is 0. The van der Waals surface area contributed by atoms with E-state index >= 15 is 0 Å². The Balaban J connectivity index is 0. The van der Waals surface area contributed by atoms with E-state index in [0.717, 1.165) is 18.9 Å². The van der Waals surface area contributed by atoms with Gasteiger partial charge in [0.15, 0.2) is 0 Å². The number of hydrogen-bond donors (Lipinski definition) is 2. The van der Waals surface area contributed by atoms with E-state index in [1.54, 1.807) is 0 Å². The zero-order valence-corrected chi connectivity index (χ0v) is 12.4. The lowest BCUT2D eigenvalue weighted by Gasteiger charge is -2.29. The second kappa shape index (κ2) is 12.3. The highest BCUT2D eigenvalue weighted by Crippen LogP contribution is 2.19. The normalized spacial score (nSPS) is 13.2. The van der Waals surface area contributed by atoms with Crippen molar-refractivity contribution in [1.29, 1.82) is 0 Å². The quantitative estimate of drug-likeness (QED) is 0.510. The molecule has 0 fully saturated rings. The average Bonchev–Trinajstić information content (AvgIpc) is 2.28. The lowest BCUT2D eigenvalue weighted by Crippen LogP contribution is -2.47. The first-order valence-electron chi connectivity index (χ1n) is 6.51. The Bertz CT molecular complexity index is 171. The van der Waals surface area contributed by atoms with E-state index in [-0.39, 0.29) is 17.0 Å². The lowest BCUT2D eigenvalue weighted by atomic mass is 10.2. The van der Waals surface area contributed by atoms with Crippen LogP contribution in [0.5, 0.6) is 0 Å². The Kier molecular flexibility index (Phi) is 14.0. The fourth-order valence-electron chi connectivity index (χ4n) is 1.72. The van der Waals surface area contributed by atoms with Crippen LogP contribution in [0.4, 0.5) is 0 Å². The van der Waals surface area contributed by atoms with Crippen molar-refractivity contribution in [2.24, 2.45) is 11.5 Å². The SMILES string of the molecule is CCO[Si](CCC(N)CCN)(OCC)OCC.[SiH4]. The maximum absolute atomic E-state index is 5.96. The highest BCUT2D eigenvalue weighted by Gasteiger charge is 2.40. The van der Waals surface area contributed by atoms with Crippen molar-refractivity contribution < 1.29 is 13.3 Å². The summed E-state index contributed by atoms with van der Waals surface area (Å²) < 4.78 is 17.2. The van der Waals surface area contributed by atoms with Crippen LogP contribution in [0, 0.1) is 0 Å². The summed E-state index contributed by atoms with van der Waals surface area (Å²) >= 11 is 0. The van der Waals surface area contributed by atoms with Crippen LogP contribution >= 0.6 is 0 Å². The van der Waals surface area contributed by atoms with Crippen molar-refractivity contribution >= 4 is 19.8 Å². The molecule has 1 unspecified atom stereocenters. The molecule has 0 saturated carbocycles. The molecular formula is C11H32N2O3Si2. The van der Waals surface area contributed by atoms with Gasteiger partial charge in [-0.3, -0.25) is 0 Å². The molecule has 0 bridgehead atoms. The largest absolute Gasteiger partial charge is 0.500 e. The minimum absolute atomic E-state index is 0. The standard InChI is InChI=1S/C11H28N2O3Si.H4Si/c1-4-14-17(15-5-2,16-6-3)10-8-11(13)7-9-12;/h11H,4-10,12-13H2,1-3H3;1H4. The molecule has 0 rings (SSSR count). The van der Waals surface area contributed by atoms with Gasteiger partial charge in [-0.15, -0.1) is 0 Å². The first-order valence-corrected chi connectivity index (χ1v) is 8.44. The Labute approximate surface area is 117 Å².